The number of hydrogen-bond donors (Lipinski definition) is 2. The normalized spacial score (nSPS) is 16.6. The van der Waals surface area contributed by atoms with E-state index in [0.717, 1.165) is 37.0 Å². The second-order valence-corrected chi connectivity index (χ2v) is 7.11. The van der Waals surface area contributed by atoms with Crippen LogP contribution in [0.25, 0.3) is 11.4 Å². The van der Waals surface area contributed by atoms with Crippen molar-refractivity contribution < 1.29 is 14.3 Å². The SMILES string of the molecule is Cc1cccc(-c2n[nH]c(=S)n2CC(=O)NCCCOCC2CCCO2)c1. The molecule has 1 aromatic carbocycles. The number of benzene rings is 1. The molecule has 0 bridgehead atoms. The van der Waals surface area contributed by atoms with E-state index in [4.69, 9.17) is 21.7 Å². The Labute approximate surface area is 164 Å². The molecule has 0 spiro atoms. The highest BCUT2D eigenvalue weighted by Crippen LogP contribution is 2.18. The molecule has 1 aromatic heterocycles. The van der Waals surface area contributed by atoms with Crippen LogP contribution in [-0.2, 0) is 20.8 Å². The summed E-state index contributed by atoms with van der Waals surface area (Å²) in [6.45, 7) is 4.80. The Morgan fingerprint density at radius 3 is 3.19 bits per heavy atom. The van der Waals surface area contributed by atoms with Gasteiger partial charge in [-0.05, 0) is 44.5 Å². The molecule has 7 nitrogen and oxygen atoms in total. The van der Waals surface area contributed by atoms with Gasteiger partial charge in [-0.3, -0.25) is 14.5 Å². The molecule has 1 aliphatic rings. The van der Waals surface area contributed by atoms with Gasteiger partial charge in [0.2, 0.25) is 5.91 Å². The fraction of sp³-hybridized carbons (Fsp3) is 0.526. The quantitative estimate of drug-likeness (QED) is 0.508. The Balaban J connectivity index is 1.44. The maximum absolute atomic E-state index is 12.3. The highest BCUT2D eigenvalue weighted by Gasteiger charge is 2.15. The van der Waals surface area contributed by atoms with Gasteiger partial charge in [0, 0.05) is 25.3 Å². The summed E-state index contributed by atoms with van der Waals surface area (Å²) >= 11 is 5.28. The number of nitrogens with one attached hydrogen (secondary N) is 2. The summed E-state index contributed by atoms with van der Waals surface area (Å²) in [7, 11) is 0. The molecule has 0 saturated carbocycles. The number of ether oxygens (including phenoxy) is 2. The summed E-state index contributed by atoms with van der Waals surface area (Å²) in [5.74, 6) is 0.569. The summed E-state index contributed by atoms with van der Waals surface area (Å²) < 4.78 is 13.3. The summed E-state index contributed by atoms with van der Waals surface area (Å²) in [6, 6.07) is 7.95. The molecule has 2 N–H and O–H groups in total. The van der Waals surface area contributed by atoms with Gasteiger partial charge in [-0.2, -0.15) is 5.10 Å². The first-order valence-corrected chi connectivity index (χ1v) is 9.72. The van der Waals surface area contributed by atoms with Crippen molar-refractivity contribution in [1.29, 1.82) is 0 Å². The van der Waals surface area contributed by atoms with Crippen molar-refractivity contribution >= 4 is 18.1 Å². The van der Waals surface area contributed by atoms with Gasteiger partial charge in [0.15, 0.2) is 10.6 Å². The van der Waals surface area contributed by atoms with Gasteiger partial charge in [0.25, 0.3) is 0 Å². The number of rotatable bonds is 9. The molecule has 1 atom stereocenters. The van der Waals surface area contributed by atoms with Gasteiger partial charge in [-0.15, -0.1) is 0 Å². The summed E-state index contributed by atoms with van der Waals surface area (Å²) in [4.78, 5) is 12.3. The van der Waals surface area contributed by atoms with Crippen LogP contribution < -0.4 is 5.32 Å². The number of carbonyl (C=O) groups excluding carboxylic acids is 1. The molecule has 8 heteroatoms. The predicted molar refractivity (Wildman–Crippen MR) is 105 cm³/mol. The first kappa shape index (κ1) is 19.7. The number of H-pyrrole nitrogens is 1. The number of aromatic amines is 1. The average molecular weight is 391 g/mol. The van der Waals surface area contributed by atoms with Gasteiger partial charge in [-0.1, -0.05) is 23.8 Å². The minimum Gasteiger partial charge on any atom is -0.379 e. The van der Waals surface area contributed by atoms with E-state index >= 15 is 0 Å². The zero-order valence-electron chi connectivity index (χ0n) is 15.6. The monoisotopic (exact) mass is 390 g/mol. The predicted octanol–water partition coefficient (Wildman–Crippen LogP) is 2.62. The minimum absolute atomic E-state index is 0.0967. The molecule has 2 heterocycles. The van der Waals surface area contributed by atoms with E-state index in [-0.39, 0.29) is 18.6 Å². The van der Waals surface area contributed by atoms with Crippen LogP contribution in [0.15, 0.2) is 24.3 Å². The van der Waals surface area contributed by atoms with Crippen LogP contribution in [0.2, 0.25) is 0 Å². The Morgan fingerprint density at radius 1 is 1.52 bits per heavy atom. The van der Waals surface area contributed by atoms with Crippen LogP contribution in [0, 0.1) is 11.7 Å². The number of hydrogen-bond acceptors (Lipinski definition) is 5. The standard InChI is InChI=1S/C19H26N4O3S/c1-14-5-2-6-15(11-14)18-21-22-19(27)23(18)12-17(24)20-8-4-9-25-13-16-7-3-10-26-16/h2,5-6,11,16H,3-4,7-10,12-13H2,1H3,(H,20,24)(H,22,27). The third-order valence-corrected chi connectivity index (χ3v) is 4.76. The van der Waals surface area contributed by atoms with Crippen LogP contribution in [-0.4, -0.2) is 53.1 Å². The second-order valence-electron chi connectivity index (χ2n) is 6.72. The number of carbonyl (C=O) groups is 1. The molecular formula is C19H26N4O3S. The van der Waals surface area contributed by atoms with Crippen molar-refractivity contribution in [3.63, 3.8) is 0 Å². The fourth-order valence-electron chi connectivity index (χ4n) is 3.06. The maximum Gasteiger partial charge on any atom is 0.240 e. The van der Waals surface area contributed by atoms with E-state index in [9.17, 15) is 4.79 Å². The molecule has 2 aromatic rings. The van der Waals surface area contributed by atoms with Gasteiger partial charge >= 0.3 is 0 Å². The van der Waals surface area contributed by atoms with E-state index in [1.807, 2.05) is 31.2 Å². The molecule has 1 unspecified atom stereocenters. The highest BCUT2D eigenvalue weighted by molar-refractivity contribution is 7.71. The van der Waals surface area contributed by atoms with Gasteiger partial charge in [-0.25, -0.2) is 0 Å². The number of nitrogens with zero attached hydrogens (tertiary/aromatic N) is 2. The summed E-state index contributed by atoms with van der Waals surface area (Å²) in [5, 5.41) is 9.96. The third kappa shape index (κ3) is 5.72. The van der Waals surface area contributed by atoms with Crippen molar-refractivity contribution in [2.24, 2.45) is 0 Å². The van der Waals surface area contributed by atoms with Crippen LogP contribution in [0.1, 0.15) is 24.8 Å². The summed E-state index contributed by atoms with van der Waals surface area (Å²) in [5.41, 5.74) is 2.05. The van der Waals surface area contributed by atoms with E-state index < -0.39 is 0 Å². The zero-order valence-corrected chi connectivity index (χ0v) is 16.4. The highest BCUT2D eigenvalue weighted by atomic mass is 32.1. The van der Waals surface area contributed by atoms with Crippen molar-refractivity contribution in [3.8, 4) is 11.4 Å². The molecule has 3 rings (SSSR count). The lowest BCUT2D eigenvalue weighted by Gasteiger charge is -2.11. The Hall–Kier alpha value is -2.03. The number of amides is 1. The Kier molecular flexibility index (Phi) is 7.14. The lowest BCUT2D eigenvalue weighted by Crippen LogP contribution is -2.29. The third-order valence-electron chi connectivity index (χ3n) is 4.45. The lowest BCUT2D eigenvalue weighted by atomic mass is 10.1. The van der Waals surface area contributed by atoms with E-state index in [1.54, 1.807) is 4.57 Å². The number of aryl methyl sites for hydroxylation is 1. The van der Waals surface area contributed by atoms with E-state index in [0.29, 0.717) is 30.4 Å². The molecule has 0 radical (unpaired) electrons. The molecule has 1 amide bonds. The average Bonchev–Trinajstić information content (AvgIpc) is 3.29. The zero-order chi connectivity index (χ0) is 19.1. The van der Waals surface area contributed by atoms with Crippen LogP contribution in [0.4, 0.5) is 0 Å². The Morgan fingerprint density at radius 2 is 2.41 bits per heavy atom. The maximum atomic E-state index is 12.3. The molecule has 1 aliphatic heterocycles. The van der Waals surface area contributed by atoms with Gasteiger partial charge < -0.3 is 14.8 Å². The molecule has 1 fully saturated rings. The van der Waals surface area contributed by atoms with Gasteiger partial charge in [0.1, 0.15) is 6.54 Å². The largest absolute Gasteiger partial charge is 0.379 e. The Bertz CT molecular complexity index is 811. The fourth-order valence-corrected chi connectivity index (χ4v) is 3.26. The molecular weight excluding hydrogens is 364 g/mol. The first-order chi connectivity index (χ1) is 13.1. The molecule has 1 saturated heterocycles. The molecule has 146 valence electrons. The first-order valence-electron chi connectivity index (χ1n) is 9.32. The van der Waals surface area contributed by atoms with E-state index in [1.165, 1.54) is 0 Å². The smallest absolute Gasteiger partial charge is 0.240 e. The van der Waals surface area contributed by atoms with Crippen molar-refractivity contribution in [3.05, 3.63) is 34.6 Å². The van der Waals surface area contributed by atoms with Crippen LogP contribution >= 0.6 is 12.2 Å². The second kappa shape index (κ2) is 9.77. The van der Waals surface area contributed by atoms with Crippen molar-refractivity contribution in [1.82, 2.24) is 20.1 Å². The topological polar surface area (TPSA) is 81.2 Å². The summed E-state index contributed by atoms with van der Waals surface area (Å²) in [6.07, 6.45) is 3.19. The molecule has 27 heavy (non-hydrogen) atoms. The van der Waals surface area contributed by atoms with Crippen LogP contribution in [0.5, 0.6) is 0 Å². The van der Waals surface area contributed by atoms with Crippen LogP contribution in [0.3, 0.4) is 0 Å². The lowest BCUT2D eigenvalue weighted by molar-refractivity contribution is -0.121. The van der Waals surface area contributed by atoms with E-state index in [2.05, 4.69) is 15.5 Å². The van der Waals surface area contributed by atoms with Crippen molar-refractivity contribution in [2.75, 3.05) is 26.4 Å². The minimum atomic E-state index is -0.0967. The van der Waals surface area contributed by atoms with Crippen molar-refractivity contribution in [2.45, 2.75) is 38.8 Å². The van der Waals surface area contributed by atoms with Gasteiger partial charge in [0.05, 0.1) is 12.7 Å². The molecule has 0 aliphatic carbocycles. The number of aromatic nitrogens is 3.